The second-order valence-electron chi connectivity index (χ2n) is 8.86. The average Bonchev–Trinajstić information content (AvgIpc) is 3.49. The van der Waals surface area contributed by atoms with Gasteiger partial charge in [-0.15, -0.1) is 0 Å². The minimum Gasteiger partial charge on any atom is -0.478 e. The molecule has 3 fully saturated rings. The molecule has 31 heavy (non-hydrogen) atoms. The van der Waals surface area contributed by atoms with Crippen LogP contribution in [0.4, 0.5) is 11.4 Å². The number of carboxylic acid groups (broad SMARTS) is 1. The van der Waals surface area contributed by atoms with Crippen LogP contribution in [-0.4, -0.2) is 78.5 Å². The Morgan fingerprint density at radius 2 is 1.61 bits per heavy atom. The Labute approximate surface area is 183 Å². The lowest BCUT2D eigenvalue weighted by Crippen LogP contribution is -2.49. The number of amides is 2. The largest absolute Gasteiger partial charge is 0.478 e. The highest BCUT2D eigenvalue weighted by molar-refractivity contribution is 6.02. The molecule has 0 spiro atoms. The second-order valence-corrected chi connectivity index (χ2v) is 8.86. The molecule has 0 atom stereocenters. The van der Waals surface area contributed by atoms with Gasteiger partial charge in [0.15, 0.2) is 0 Å². The molecule has 4 rings (SSSR count). The number of aromatic carboxylic acids is 1. The van der Waals surface area contributed by atoms with Crippen LogP contribution in [0.25, 0.3) is 0 Å². The van der Waals surface area contributed by atoms with E-state index in [0.29, 0.717) is 12.2 Å². The van der Waals surface area contributed by atoms with Crippen molar-refractivity contribution < 1.29 is 19.5 Å². The highest BCUT2D eigenvalue weighted by Gasteiger charge is 2.26. The third-order valence-corrected chi connectivity index (χ3v) is 6.77. The molecule has 2 amide bonds. The average molecular weight is 429 g/mol. The van der Waals surface area contributed by atoms with Gasteiger partial charge in [-0.25, -0.2) is 4.79 Å². The fourth-order valence-corrected chi connectivity index (χ4v) is 4.86. The SMILES string of the molecule is O=C(O)c1cc(N2CCN(CC(=O)N3CCCC3)CC2)ccc1NC(=O)C1CCCC1. The number of piperazine rings is 1. The minimum atomic E-state index is -1.04. The first-order chi connectivity index (χ1) is 15.0. The number of hydrogen-bond donors (Lipinski definition) is 2. The summed E-state index contributed by atoms with van der Waals surface area (Å²) in [7, 11) is 0. The summed E-state index contributed by atoms with van der Waals surface area (Å²) in [6.45, 7) is 5.21. The molecule has 8 nitrogen and oxygen atoms in total. The van der Waals surface area contributed by atoms with E-state index in [1.807, 2.05) is 11.0 Å². The van der Waals surface area contributed by atoms with Gasteiger partial charge in [-0.1, -0.05) is 12.8 Å². The number of nitrogens with one attached hydrogen (secondary N) is 1. The van der Waals surface area contributed by atoms with Crippen LogP contribution < -0.4 is 10.2 Å². The molecule has 1 saturated carbocycles. The molecule has 1 aromatic rings. The van der Waals surface area contributed by atoms with E-state index in [-0.39, 0.29) is 23.3 Å². The number of anilines is 2. The van der Waals surface area contributed by atoms with Gasteiger partial charge in [-0.3, -0.25) is 14.5 Å². The van der Waals surface area contributed by atoms with Gasteiger partial charge >= 0.3 is 5.97 Å². The number of hydrogen-bond acceptors (Lipinski definition) is 5. The molecule has 1 aromatic carbocycles. The van der Waals surface area contributed by atoms with Crippen LogP contribution in [0.5, 0.6) is 0 Å². The lowest BCUT2D eigenvalue weighted by Gasteiger charge is -2.36. The first kappa shape index (κ1) is 21.6. The van der Waals surface area contributed by atoms with Gasteiger partial charge in [0.05, 0.1) is 17.8 Å². The normalized spacial score (nSPS) is 20.3. The molecule has 0 unspecified atom stereocenters. The summed E-state index contributed by atoms with van der Waals surface area (Å²) in [5.41, 5.74) is 1.32. The number of nitrogens with zero attached hydrogens (tertiary/aromatic N) is 3. The summed E-state index contributed by atoms with van der Waals surface area (Å²) in [5.74, 6) is -0.929. The molecule has 0 bridgehead atoms. The smallest absolute Gasteiger partial charge is 0.337 e. The van der Waals surface area contributed by atoms with Crippen LogP contribution in [0.15, 0.2) is 18.2 Å². The molecule has 0 radical (unpaired) electrons. The number of likely N-dealkylation sites (tertiary alicyclic amines) is 1. The molecule has 2 saturated heterocycles. The summed E-state index contributed by atoms with van der Waals surface area (Å²) >= 11 is 0. The summed E-state index contributed by atoms with van der Waals surface area (Å²) in [5, 5.41) is 12.5. The molecular weight excluding hydrogens is 396 g/mol. The van der Waals surface area contributed by atoms with Gasteiger partial charge < -0.3 is 20.2 Å². The Morgan fingerprint density at radius 3 is 2.26 bits per heavy atom. The van der Waals surface area contributed by atoms with E-state index in [4.69, 9.17) is 0 Å². The molecule has 8 heteroatoms. The molecule has 2 aliphatic heterocycles. The first-order valence-electron chi connectivity index (χ1n) is 11.4. The number of benzene rings is 1. The zero-order chi connectivity index (χ0) is 21.8. The highest BCUT2D eigenvalue weighted by Crippen LogP contribution is 2.29. The molecule has 2 N–H and O–H groups in total. The summed E-state index contributed by atoms with van der Waals surface area (Å²) in [6, 6.07) is 5.23. The lowest BCUT2D eigenvalue weighted by molar-refractivity contribution is -0.131. The number of carboxylic acids is 1. The van der Waals surface area contributed by atoms with E-state index in [1.165, 1.54) is 0 Å². The van der Waals surface area contributed by atoms with Crippen molar-refractivity contribution in [1.82, 2.24) is 9.80 Å². The van der Waals surface area contributed by atoms with Crippen molar-refractivity contribution in [2.75, 3.05) is 56.0 Å². The Balaban J connectivity index is 1.36. The monoisotopic (exact) mass is 428 g/mol. The zero-order valence-electron chi connectivity index (χ0n) is 18.0. The van der Waals surface area contributed by atoms with Crippen LogP contribution in [0.2, 0.25) is 0 Å². The van der Waals surface area contributed by atoms with Crippen molar-refractivity contribution in [3.63, 3.8) is 0 Å². The number of rotatable bonds is 6. The standard InChI is InChI=1S/C23H32N4O4/c28-21(27-9-3-4-10-27)16-25-11-13-26(14-12-25)18-7-8-20(19(15-18)23(30)31)24-22(29)17-5-1-2-6-17/h7-8,15,17H,1-6,9-14,16H2,(H,24,29)(H,30,31). The van der Waals surface area contributed by atoms with Gasteiger partial charge in [-0.05, 0) is 43.9 Å². The summed E-state index contributed by atoms with van der Waals surface area (Å²) < 4.78 is 0. The van der Waals surface area contributed by atoms with Crippen LogP contribution in [-0.2, 0) is 9.59 Å². The molecular formula is C23H32N4O4. The maximum Gasteiger partial charge on any atom is 0.337 e. The summed E-state index contributed by atoms with van der Waals surface area (Å²) in [6.07, 6.45) is 6.05. The van der Waals surface area contributed by atoms with Crippen molar-refractivity contribution in [3.05, 3.63) is 23.8 Å². The molecule has 3 aliphatic rings. The van der Waals surface area contributed by atoms with Crippen molar-refractivity contribution in [2.45, 2.75) is 38.5 Å². The quantitative estimate of drug-likeness (QED) is 0.722. The predicted octanol–water partition coefficient (Wildman–Crippen LogP) is 2.26. The Kier molecular flexibility index (Phi) is 6.75. The van der Waals surface area contributed by atoms with E-state index >= 15 is 0 Å². The predicted molar refractivity (Wildman–Crippen MR) is 118 cm³/mol. The second kappa shape index (κ2) is 9.68. The van der Waals surface area contributed by atoms with E-state index in [2.05, 4.69) is 15.1 Å². The fraction of sp³-hybridized carbons (Fsp3) is 0.609. The molecule has 168 valence electrons. The Bertz CT molecular complexity index is 823. The van der Waals surface area contributed by atoms with Crippen LogP contribution in [0.1, 0.15) is 48.9 Å². The van der Waals surface area contributed by atoms with E-state index in [0.717, 1.165) is 83.5 Å². The third-order valence-electron chi connectivity index (χ3n) is 6.77. The van der Waals surface area contributed by atoms with Crippen molar-refractivity contribution in [1.29, 1.82) is 0 Å². The maximum absolute atomic E-state index is 12.4. The third kappa shape index (κ3) is 5.18. The minimum absolute atomic E-state index is 0.0160. The topological polar surface area (TPSA) is 93.2 Å². The molecule has 1 aliphatic carbocycles. The van der Waals surface area contributed by atoms with Crippen LogP contribution in [0, 0.1) is 5.92 Å². The van der Waals surface area contributed by atoms with E-state index in [9.17, 15) is 19.5 Å². The highest BCUT2D eigenvalue weighted by atomic mass is 16.4. The van der Waals surface area contributed by atoms with E-state index in [1.54, 1.807) is 12.1 Å². The van der Waals surface area contributed by atoms with Crippen molar-refractivity contribution in [2.24, 2.45) is 5.92 Å². The van der Waals surface area contributed by atoms with Gasteiger partial charge in [0.2, 0.25) is 11.8 Å². The first-order valence-corrected chi connectivity index (χ1v) is 11.4. The van der Waals surface area contributed by atoms with Gasteiger partial charge in [0.1, 0.15) is 0 Å². The zero-order valence-corrected chi connectivity index (χ0v) is 18.0. The molecule has 2 heterocycles. The Morgan fingerprint density at radius 1 is 0.935 bits per heavy atom. The van der Waals surface area contributed by atoms with Gasteiger partial charge in [0, 0.05) is 50.9 Å². The van der Waals surface area contributed by atoms with Crippen molar-refractivity contribution >= 4 is 29.2 Å². The molecule has 0 aromatic heterocycles. The van der Waals surface area contributed by atoms with Crippen molar-refractivity contribution in [3.8, 4) is 0 Å². The van der Waals surface area contributed by atoms with Gasteiger partial charge in [-0.2, -0.15) is 0 Å². The van der Waals surface area contributed by atoms with Crippen LogP contribution >= 0.6 is 0 Å². The van der Waals surface area contributed by atoms with E-state index < -0.39 is 5.97 Å². The van der Waals surface area contributed by atoms with Crippen LogP contribution in [0.3, 0.4) is 0 Å². The lowest BCUT2D eigenvalue weighted by atomic mass is 10.1. The number of carbonyl (C=O) groups excluding carboxylic acids is 2. The fourth-order valence-electron chi connectivity index (χ4n) is 4.86. The van der Waals surface area contributed by atoms with Gasteiger partial charge in [0.25, 0.3) is 0 Å². The summed E-state index contributed by atoms with van der Waals surface area (Å²) in [4.78, 5) is 42.9. The number of carbonyl (C=O) groups is 3. The maximum atomic E-state index is 12.4. The Hall–Kier alpha value is -2.61.